The number of ether oxygens (including phenoxy) is 1. The first kappa shape index (κ1) is 19.0. The Kier molecular flexibility index (Phi) is 5.77. The summed E-state index contributed by atoms with van der Waals surface area (Å²) in [4.78, 5) is 18.8. The SMILES string of the molecule is Cc1sc2ncn(C[C@@H](O)CO[C@H](C)c3ccc(Cl)cc3)c(=O)c2c1C. The van der Waals surface area contributed by atoms with Gasteiger partial charge in [-0.1, -0.05) is 23.7 Å². The summed E-state index contributed by atoms with van der Waals surface area (Å²) in [7, 11) is 0. The van der Waals surface area contributed by atoms with Crippen LogP contribution in [-0.4, -0.2) is 27.4 Å². The fourth-order valence-electron chi connectivity index (χ4n) is 2.77. The van der Waals surface area contributed by atoms with Gasteiger partial charge in [-0.05, 0) is 44.0 Å². The van der Waals surface area contributed by atoms with Crippen molar-refractivity contribution in [3.63, 3.8) is 0 Å². The van der Waals surface area contributed by atoms with Gasteiger partial charge in [-0.2, -0.15) is 0 Å². The number of benzene rings is 1. The van der Waals surface area contributed by atoms with Crippen LogP contribution in [0.4, 0.5) is 0 Å². The second kappa shape index (κ2) is 7.88. The first-order valence-corrected chi connectivity index (χ1v) is 9.56. The number of hydrogen-bond acceptors (Lipinski definition) is 5. The summed E-state index contributed by atoms with van der Waals surface area (Å²) in [6, 6.07) is 7.39. The predicted octanol–water partition coefficient (Wildman–Crippen LogP) is 3.87. The van der Waals surface area contributed by atoms with Crippen molar-refractivity contribution in [3.05, 3.63) is 62.0 Å². The average molecular weight is 393 g/mol. The van der Waals surface area contributed by atoms with Crippen LogP contribution in [0.3, 0.4) is 0 Å². The Morgan fingerprint density at radius 2 is 2.00 bits per heavy atom. The molecular weight excluding hydrogens is 372 g/mol. The molecule has 0 saturated carbocycles. The number of nitrogens with zero attached hydrogens (tertiary/aromatic N) is 2. The Balaban J connectivity index is 1.66. The Hall–Kier alpha value is -1.73. The van der Waals surface area contributed by atoms with Crippen molar-refractivity contribution in [1.29, 1.82) is 0 Å². The van der Waals surface area contributed by atoms with E-state index in [1.165, 1.54) is 22.2 Å². The largest absolute Gasteiger partial charge is 0.389 e. The zero-order valence-corrected chi connectivity index (χ0v) is 16.5. The molecular formula is C19H21ClN2O3S. The third-order valence-electron chi connectivity index (χ3n) is 4.44. The van der Waals surface area contributed by atoms with Crippen LogP contribution < -0.4 is 5.56 Å². The second-order valence-corrected chi connectivity index (χ2v) is 7.99. The number of aromatic nitrogens is 2. The normalized spacial score (nSPS) is 13.9. The van der Waals surface area contributed by atoms with Crippen LogP contribution in [0.2, 0.25) is 5.02 Å². The van der Waals surface area contributed by atoms with Crippen molar-refractivity contribution >= 4 is 33.2 Å². The maximum absolute atomic E-state index is 12.7. The van der Waals surface area contributed by atoms with Crippen LogP contribution in [0, 0.1) is 13.8 Å². The first-order chi connectivity index (χ1) is 12.4. The van der Waals surface area contributed by atoms with Crippen LogP contribution in [0.1, 0.15) is 29.0 Å². The molecule has 0 spiro atoms. The van der Waals surface area contributed by atoms with Gasteiger partial charge in [0, 0.05) is 9.90 Å². The van der Waals surface area contributed by atoms with Crippen molar-refractivity contribution in [3.8, 4) is 0 Å². The molecule has 0 aliphatic carbocycles. The van der Waals surface area contributed by atoms with E-state index in [2.05, 4.69) is 4.98 Å². The lowest BCUT2D eigenvalue weighted by atomic mass is 10.1. The molecule has 138 valence electrons. The molecule has 0 aliphatic rings. The van der Waals surface area contributed by atoms with E-state index in [1.807, 2.05) is 32.9 Å². The average Bonchev–Trinajstić information content (AvgIpc) is 2.91. The van der Waals surface area contributed by atoms with E-state index in [0.29, 0.717) is 10.4 Å². The number of fused-ring (bicyclic) bond motifs is 1. The van der Waals surface area contributed by atoms with Crippen molar-refractivity contribution in [2.24, 2.45) is 0 Å². The van der Waals surface area contributed by atoms with Gasteiger partial charge in [-0.3, -0.25) is 9.36 Å². The molecule has 7 heteroatoms. The van der Waals surface area contributed by atoms with Crippen LogP contribution in [0.15, 0.2) is 35.4 Å². The Morgan fingerprint density at radius 1 is 1.31 bits per heavy atom. The third-order valence-corrected chi connectivity index (χ3v) is 5.81. The molecule has 5 nitrogen and oxygen atoms in total. The number of rotatable bonds is 6. The number of hydrogen-bond donors (Lipinski definition) is 1. The molecule has 1 aromatic carbocycles. The van der Waals surface area contributed by atoms with Crippen molar-refractivity contribution in [2.75, 3.05) is 6.61 Å². The minimum atomic E-state index is -0.804. The standard InChI is InChI=1S/C19H21ClN2O3S/c1-11-13(3)26-18-17(11)19(24)22(10-21-18)8-16(23)9-25-12(2)14-4-6-15(20)7-5-14/h4-7,10,12,16,23H,8-9H2,1-3H3/t12-,16-/m1/s1. The number of aliphatic hydroxyl groups is 1. The maximum Gasteiger partial charge on any atom is 0.262 e. The molecule has 26 heavy (non-hydrogen) atoms. The molecule has 2 aromatic heterocycles. The monoisotopic (exact) mass is 392 g/mol. The Bertz CT molecular complexity index is 965. The summed E-state index contributed by atoms with van der Waals surface area (Å²) in [5.74, 6) is 0. The summed E-state index contributed by atoms with van der Waals surface area (Å²) in [5, 5.41) is 11.6. The molecule has 3 rings (SSSR count). The van der Waals surface area contributed by atoms with Crippen molar-refractivity contribution < 1.29 is 9.84 Å². The molecule has 0 bridgehead atoms. The van der Waals surface area contributed by atoms with Gasteiger partial charge in [-0.25, -0.2) is 4.98 Å². The minimum Gasteiger partial charge on any atom is -0.389 e. The summed E-state index contributed by atoms with van der Waals surface area (Å²) in [5.41, 5.74) is 1.81. The van der Waals surface area contributed by atoms with Crippen LogP contribution >= 0.6 is 22.9 Å². The molecule has 2 heterocycles. The highest BCUT2D eigenvalue weighted by Crippen LogP contribution is 2.25. The fourth-order valence-corrected chi connectivity index (χ4v) is 3.88. The first-order valence-electron chi connectivity index (χ1n) is 8.37. The zero-order valence-electron chi connectivity index (χ0n) is 14.9. The van der Waals surface area contributed by atoms with Gasteiger partial charge in [0.25, 0.3) is 5.56 Å². The molecule has 0 unspecified atom stereocenters. The minimum absolute atomic E-state index is 0.121. The van der Waals surface area contributed by atoms with E-state index >= 15 is 0 Å². The highest BCUT2D eigenvalue weighted by molar-refractivity contribution is 7.18. The van der Waals surface area contributed by atoms with E-state index < -0.39 is 6.10 Å². The molecule has 2 atom stereocenters. The summed E-state index contributed by atoms with van der Waals surface area (Å²) >= 11 is 7.40. The lowest BCUT2D eigenvalue weighted by Crippen LogP contribution is -2.29. The second-order valence-electron chi connectivity index (χ2n) is 6.35. The molecule has 0 fully saturated rings. The third kappa shape index (κ3) is 3.99. The van der Waals surface area contributed by atoms with Gasteiger partial charge in [-0.15, -0.1) is 11.3 Å². The smallest absolute Gasteiger partial charge is 0.262 e. The highest BCUT2D eigenvalue weighted by atomic mass is 35.5. The number of halogens is 1. The van der Waals surface area contributed by atoms with E-state index in [-0.39, 0.29) is 24.8 Å². The molecule has 3 aromatic rings. The maximum atomic E-state index is 12.7. The van der Waals surface area contributed by atoms with Crippen LogP contribution in [-0.2, 0) is 11.3 Å². The molecule has 1 N–H and O–H groups in total. The van der Waals surface area contributed by atoms with Crippen LogP contribution in [0.5, 0.6) is 0 Å². The van der Waals surface area contributed by atoms with Gasteiger partial charge < -0.3 is 9.84 Å². The highest BCUT2D eigenvalue weighted by Gasteiger charge is 2.15. The molecule has 0 saturated heterocycles. The van der Waals surface area contributed by atoms with Gasteiger partial charge in [0.15, 0.2) is 0 Å². The van der Waals surface area contributed by atoms with Gasteiger partial charge in [0.1, 0.15) is 4.83 Å². The number of thiophene rings is 1. The zero-order chi connectivity index (χ0) is 18.8. The van der Waals surface area contributed by atoms with Crippen molar-refractivity contribution in [1.82, 2.24) is 9.55 Å². The number of aryl methyl sites for hydroxylation is 2. The Labute approximate surface area is 160 Å². The van der Waals surface area contributed by atoms with E-state index in [0.717, 1.165) is 20.8 Å². The predicted molar refractivity (Wildman–Crippen MR) is 105 cm³/mol. The lowest BCUT2D eigenvalue weighted by Gasteiger charge is -2.17. The van der Waals surface area contributed by atoms with Crippen molar-refractivity contribution in [2.45, 2.75) is 39.5 Å². The summed E-state index contributed by atoms with van der Waals surface area (Å²) in [6.45, 7) is 6.08. The van der Waals surface area contributed by atoms with Gasteiger partial charge in [0.05, 0.1) is 37.1 Å². The number of aliphatic hydroxyl groups excluding tert-OH is 1. The van der Waals surface area contributed by atoms with Crippen LogP contribution in [0.25, 0.3) is 10.2 Å². The Morgan fingerprint density at radius 3 is 2.69 bits per heavy atom. The lowest BCUT2D eigenvalue weighted by molar-refractivity contribution is -0.00910. The van der Waals surface area contributed by atoms with E-state index in [1.54, 1.807) is 12.1 Å². The van der Waals surface area contributed by atoms with E-state index in [4.69, 9.17) is 16.3 Å². The fraction of sp³-hybridized carbons (Fsp3) is 0.368. The summed E-state index contributed by atoms with van der Waals surface area (Å²) in [6.07, 6.45) is 0.508. The molecule has 0 amide bonds. The molecule has 0 aliphatic heterocycles. The quantitative estimate of drug-likeness (QED) is 0.691. The molecule has 0 radical (unpaired) electrons. The topological polar surface area (TPSA) is 64.3 Å². The van der Waals surface area contributed by atoms with Gasteiger partial charge in [0.2, 0.25) is 0 Å². The van der Waals surface area contributed by atoms with Gasteiger partial charge >= 0.3 is 0 Å². The van der Waals surface area contributed by atoms with E-state index in [9.17, 15) is 9.90 Å². The summed E-state index contributed by atoms with van der Waals surface area (Å²) < 4.78 is 7.18.